The summed E-state index contributed by atoms with van der Waals surface area (Å²) in [6, 6.07) is 6.89. The summed E-state index contributed by atoms with van der Waals surface area (Å²) in [5.41, 5.74) is 0.542. The van der Waals surface area contributed by atoms with Crippen molar-refractivity contribution in [1.82, 2.24) is 10.2 Å². The number of carbonyl (C=O) groups is 2. The minimum absolute atomic E-state index is 0.0509. The number of nitrogens with zero attached hydrogens (tertiary/aromatic N) is 1. The number of hydrogen-bond acceptors (Lipinski definition) is 3. The van der Waals surface area contributed by atoms with Crippen molar-refractivity contribution in [2.24, 2.45) is 0 Å². The molecule has 0 saturated carbocycles. The van der Waals surface area contributed by atoms with Gasteiger partial charge in [-0.05, 0) is 31.0 Å². The molecule has 6 heteroatoms. The highest BCUT2D eigenvalue weighted by Crippen LogP contribution is 2.14. The van der Waals surface area contributed by atoms with Crippen molar-refractivity contribution in [3.63, 3.8) is 0 Å². The molecule has 118 valence electrons. The number of halogens is 1. The van der Waals surface area contributed by atoms with Gasteiger partial charge < -0.3 is 15.0 Å². The predicted molar refractivity (Wildman–Crippen MR) is 85.1 cm³/mol. The van der Waals surface area contributed by atoms with E-state index in [1.54, 1.807) is 29.2 Å². The fourth-order valence-electron chi connectivity index (χ4n) is 2.33. The van der Waals surface area contributed by atoms with Crippen LogP contribution in [0.2, 0.25) is 5.02 Å². The molecule has 22 heavy (non-hydrogen) atoms. The number of carbonyl (C=O) groups excluding carboxylic acids is 2. The SMILES string of the molecule is C=CCOC(=O)N1CCC(NC(=O)c2cccc(Cl)c2)CC1. The highest BCUT2D eigenvalue weighted by Gasteiger charge is 2.24. The Kier molecular flexibility index (Phi) is 5.83. The molecule has 0 unspecified atom stereocenters. The summed E-state index contributed by atoms with van der Waals surface area (Å²) in [5.74, 6) is -0.143. The van der Waals surface area contributed by atoms with Crippen LogP contribution in [0.25, 0.3) is 0 Å². The fraction of sp³-hybridized carbons (Fsp3) is 0.375. The van der Waals surface area contributed by atoms with E-state index in [-0.39, 0.29) is 24.6 Å². The van der Waals surface area contributed by atoms with Crippen molar-refractivity contribution in [3.8, 4) is 0 Å². The Morgan fingerprint density at radius 2 is 2.14 bits per heavy atom. The Bertz CT molecular complexity index is 554. The van der Waals surface area contributed by atoms with Gasteiger partial charge in [0.1, 0.15) is 6.61 Å². The Balaban J connectivity index is 1.81. The standard InChI is InChI=1S/C16H19ClN2O3/c1-2-10-22-16(21)19-8-6-14(7-9-19)18-15(20)12-4-3-5-13(17)11-12/h2-5,11,14H,1,6-10H2,(H,18,20). The molecule has 1 aromatic carbocycles. The van der Waals surface area contributed by atoms with Crippen LogP contribution in [0.4, 0.5) is 4.79 Å². The lowest BCUT2D eigenvalue weighted by atomic mass is 10.0. The highest BCUT2D eigenvalue weighted by molar-refractivity contribution is 6.30. The maximum Gasteiger partial charge on any atom is 0.410 e. The summed E-state index contributed by atoms with van der Waals surface area (Å²) in [5, 5.41) is 3.51. The molecule has 1 aromatic rings. The van der Waals surface area contributed by atoms with Crippen LogP contribution in [0.15, 0.2) is 36.9 Å². The summed E-state index contributed by atoms with van der Waals surface area (Å²) in [6.45, 7) is 4.85. The van der Waals surface area contributed by atoms with Gasteiger partial charge in [-0.1, -0.05) is 30.3 Å². The summed E-state index contributed by atoms with van der Waals surface area (Å²) in [4.78, 5) is 25.5. The van der Waals surface area contributed by atoms with E-state index in [0.717, 1.165) is 0 Å². The lowest BCUT2D eigenvalue weighted by Gasteiger charge is -2.31. The number of amides is 2. The van der Waals surface area contributed by atoms with Gasteiger partial charge in [0.15, 0.2) is 0 Å². The number of rotatable bonds is 4. The largest absolute Gasteiger partial charge is 0.445 e. The van der Waals surface area contributed by atoms with Crippen molar-refractivity contribution in [2.75, 3.05) is 19.7 Å². The molecular weight excluding hydrogens is 304 g/mol. The molecule has 0 aromatic heterocycles. The average molecular weight is 323 g/mol. The number of ether oxygens (including phenoxy) is 1. The van der Waals surface area contributed by atoms with Crippen molar-refractivity contribution in [1.29, 1.82) is 0 Å². The number of nitrogens with one attached hydrogen (secondary N) is 1. The number of piperidine rings is 1. The van der Waals surface area contributed by atoms with Crippen LogP contribution in [0.1, 0.15) is 23.2 Å². The van der Waals surface area contributed by atoms with Gasteiger partial charge in [-0.25, -0.2) is 4.79 Å². The van der Waals surface area contributed by atoms with Crippen molar-refractivity contribution >= 4 is 23.6 Å². The van der Waals surface area contributed by atoms with Crippen LogP contribution in [0.5, 0.6) is 0 Å². The maximum atomic E-state index is 12.1. The first-order valence-electron chi connectivity index (χ1n) is 7.19. The predicted octanol–water partition coefficient (Wildman–Crippen LogP) is 2.86. The zero-order valence-corrected chi connectivity index (χ0v) is 13.0. The van der Waals surface area contributed by atoms with Crippen LogP contribution >= 0.6 is 11.6 Å². The van der Waals surface area contributed by atoms with Gasteiger partial charge >= 0.3 is 6.09 Å². The molecule has 1 saturated heterocycles. The van der Waals surface area contributed by atoms with E-state index in [1.807, 2.05) is 0 Å². The van der Waals surface area contributed by atoms with Gasteiger partial charge in [0, 0.05) is 29.7 Å². The monoisotopic (exact) mass is 322 g/mol. The molecule has 1 fully saturated rings. The minimum Gasteiger partial charge on any atom is -0.445 e. The zero-order valence-electron chi connectivity index (χ0n) is 12.3. The quantitative estimate of drug-likeness (QED) is 0.867. The third-order valence-corrected chi connectivity index (χ3v) is 3.73. The molecule has 0 bridgehead atoms. The van der Waals surface area contributed by atoms with Crippen molar-refractivity contribution < 1.29 is 14.3 Å². The smallest absolute Gasteiger partial charge is 0.410 e. The van der Waals surface area contributed by atoms with Crippen LogP contribution in [0.3, 0.4) is 0 Å². The van der Waals surface area contributed by atoms with Gasteiger partial charge in [0.05, 0.1) is 0 Å². The molecular formula is C16H19ClN2O3. The van der Waals surface area contributed by atoms with Crippen LogP contribution in [-0.2, 0) is 4.74 Å². The normalized spacial score (nSPS) is 15.2. The molecule has 1 heterocycles. The topological polar surface area (TPSA) is 58.6 Å². The van der Waals surface area contributed by atoms with Gasteiger partial charge in [0.25, 0.3) is 5.91 Å². The van der Waals surface area contributed by atoms with Gasteiger partial charge in [-0.15, -0.1) is 0 Å². The molecule has 5 nitrogen and oxygen atoms in total. The van der Waals surface area contributed by atoms with Crippen LogP contribution in [0, 0.1) is 0 Å². The summed E-state index contributed by atoms with van der Waals surface area (Å²) < 4.78 is 5.00. The number of hydrogen-bond donors (Lipinski definition) is 1. The van der Waals surface area contributed by atoms with E-state index in [0.29, 0.717) is 36.5 Å². The van der Waals surface area contributed by atoms with E-state index in [1.165, 1.54) is 6.08 Å². The summed E-state index contributed by atoms with van der Waals surface area (Å²) in [6.07, 6.45) is 2.61. The lowest BCUT2D eigenvalue weighted by Crippen LogP contribution is -2.46. The van der Waals surface area contributed by atoms with Crippen molar-refractivity contribution in [2.45, 2.75) is 18.9 Å². The fourth-order valence-corrected chi connectivity index (χ4v) is 2.52. The Morgan fingerprint density at radius 1 is 1.41 bits per heavy atom. The molecule has 1 aliphatic heterocycles. The Morgan fingerprint density at radius 3 is 2.77 bits per heavy atom. The average Bonchev–Trinajstić information content (AvgIpc) is 2.53. The summed E-state index contributed by atoms with van der Waals surface area (Å²) in [7, 11) is 0. The molecule has 1 N–H and O–H groups in total. The maximum absolute atomic E-state index is 12.1. The number of likely N-dealkylation sites (tertiary alicyclic amines) is 1. The first-order valence-corrected chi connectivity index (χ1v) is 7.57. The van der Waals surface area contributed by atoms with Crippen LogP contribution < -0.4 is 5.32 Å². The molecule has 2 amide bonds. The van der Waals surface area contributed by atoms with Gasteiger partial charge in [-0.2, -0.15) is 0 Å². The molecule has 0 radical (unpaired) electrons. The molecule has 0 atom stereocenters. The number of benzene rings is 1. The molecule has 1 aliphatic rings. The molecule has 0 spiro atoms. The molecule has 0 aliphatic carbocycles. The Labute approximate surface area is 134 Å². The zero-order chi connectivity index (χ0) is 15.9. The van der Waals surface area contributed by atoms with E-state index in [2.05, 4.69) is 11.9 Å². The molecule has 2 rings (SSSR count). The lowest BCUT2D eigenvalue weighted by molar-refractivity contribution is 0.0874. The third kappa shape index (κ3) is 4.49. The third-order valence-electron chi connectivity index (χ3n) is 3.50. The van der Waals surface area contributed by atoms with Gasteiger partial charge in [0.2, 0.25) is 0 Å². The van der Waals surface area contributed by atoms with E-state index in [4.69, 9.17) is 16.3 Å². The van der Waals surface area contributed by atoms with Gasteiger partial charge in [-0.3, -0.25) is 4.79 Å². The second-order valence-electron chi connectivity index (χ2n) is 5.11. The second kappa shape index (κ2) is 7.84. The summed E-state index contributed by atoms with van der Waals surface area (Å²) >= 11 is 5.88. The first-order chi connectivity index (χ1) is 10.6. The van der Waals surface area contributed by atoms with E-state index >= 15 is 0 Å². The van der Waals surface area contributed by atoms with E-state index in [9.17, 15) is 9.59 Å². The Hall–Kier alpha value is -2.01. The van der Waals surface area contributed by atoms with Crippen molar-refractivity contribution in [3.05, 3.63) is 47.5 Å². The highest BCUT2D eigenvalue weighted by atomic mass is 35.5. The van der Waals surface area contributed by atoms with E-state index < -0.39 is 0 Å². The minimum atomic E-state index is -0.334. The second-order valence-corrected chi connectivity index (χ2v) is 5.55. The van der Waals surface area contributed by atoms with Crippen LogP contribution in [-0.4, -0.2) is 42.6 Å². The first kappa shape index (κ1) is 16.4.